The van der Waals surface area contributed by atoms with Crippen LogP contribution >= 0.6 is 0 Å². The van der Waals surface area contributed by atoms with Crippen molar-refractivity contribution in [2.24, 2.45) is 0 Å². The predicted octanol–water partition coefficient (Wildman–Crippen LogP) is 1.33. The summed E-state index contributed by atoms with van der Waals surface area (Å²) in [6, 6.07) is 2.81. The third-order valence-electron chi connectivity index (χ3n) is 3.39. The van der Waals surface area contributed by atoms with E-state index in [2.05, 4.69) is 0 Å². The number of halogens is 3. The van der Waals surface area contributed by atoms with Crippen LogP contribution in [0.2, 0.25) is 0 Å². The summed E-state index contributed by atoms with van der Waals surface area (Å²) in [6.45, 7) is 5.59. The lowest BCUT2D eigenvalue weighted by molar-refractivity contribution is -0.188. The SMILES string of the molecule is BCc1cc(OC(CS(=O)(=O)O)C(F)(F)F)cc(CB)c1OC(C)(C)C. The third-order valence-corrected chi connectivity index (χ3v) is 4.12. The first-order valence-electron chi connectivity index (χ1n) is 8.19. The molecule has 146 valence electrons. The Morgan fingerprint density at radius 1 is 1.12 bits per heavy atom. The molecule has 0 radical (unpaired) electrons. The highest BCUT2D eigenvalue weighted by Crippen LogP contribution is 2.34. The summed E-state index contributed by atoms with van der Waals surface area (Å²) < 4.78 is 80.6. The first-order chi connectivity index (χ1) is 11.7. The molecule has 0 aliphatic heterocycles. The molecule has 0 fully saturated rings. The quantitative estimate of drug-likeness (QED) is 0.558. The first-order valence-corrected chi connectivity index (χ1v) is 9.80. The van der Waals surface area contributed by atoms with E-state index in [-0.39, 0.29) is 5.75 Å². The zero-order valence-corrected chi connectivity index (χ0v) is 16.3. The lowest BCUT2D eigenvalue weighted by Gasteiger charge is -2.27. The molecule has 26 heavy (non-hydrogen) atoms. The molecule has 0 saturated heterocycles. The van der Waals surface area contributed by atoms with Gasteiger partial charge in [0.15, 0.2) is 0 Å². The summed E-state index contributed by atoms with van der Waals surface area (Å²) in [6.07, 6.45) is -6.63. The van der Waals surface area contributed by atoms with Gasteiger partial charge in [-0.1, -0.05) is 12.6 Å². The molecular formula is C15H23B2F3O5S. The van der Waals surface area contributed by atoms with Crippen molar-refractivity contribution in [2.45, 2.75) is 51.3 Å². The van der Waals surface area contributed by atoms with Crippen LogP contribution in [-0.2, 0) is 22.8 Å². The lowest BCUT2D eigenvalue weighted by atomic mass is 9.89. The Labute approximate surface area is 153 Å². The van der Waals surface area contributed by atoms with Crippen molar-refractivity contribution in [3.63, 3.8) is 0 Å². The van der Waals surface area contributed by atoms with Gasteiger partial charge in [-0.15, -0.1) is 0 Å². The van der Waals surface area contributed by atoms with Gasteiger partial charge in [-0.3, -0.25) is 4.55 Å². The highest BCUT2D eigenvalue weighted by atomic mass is 32.2. The van der Waals surface area contributed by atoms with Gasteiger partial charge in [0.25, 0.3) is 10.1 Å². The van der Waals surface area contributed by atoms with Gasteiger partial charge in [-0.25, -0.2) is 0 Å². The summed E-state index contributed by atoms with van der Waals surface area (Å²) in [5.41, 5.74) is 0.819. The van der Waals surface area contributed by atoms with Gasteiger partial charge in [0.1, 0.15) is 38.5 Å². The Morgan fingerprint density at radius 3 is 1.88 bits per heavy atom. The Kier molecular flexibility index (Phi) is 7.09. The van der Waals surface area contributed by atoms with E-state index < -0.39 is 33.8 Å². The molecule has 0 heterocycles. The fourth-order valence-electron chi connectivity index (χ4n) is 2.30. The summed E-state index contributed by atoms with van der Waals surface area (Å²) in [7, 11) is -1.21. The summed E-state index contributed by atoms with van der Waals surface area (Å²) in [5.74, 6) is -1.10. The third kappa shape index (κ3) is 7.11. The summed E-state index contributed by atoms with van der Waals surface area (Å²) in [5, 5.41) is 0. The maximum atomic E-state index is 13.1. The normalized spacial score (nSPS) is 14.1. The molecule has 0 amide bonds. The van der Waals surface area contributed by atoms with Gasteiger partial charge in [0, 0.05) is 0 Å². The molecule has 1 atom stereocenters. The Bertz CT molecular complexity index is 705. The zero-order chi connectivity index (χ0) is 20.3. The molecule has 5 nitrogen and oxygen atoms in total. The highest BCUT2D eigenvalue weighted by Gasteiger charge is 2.44. The molecule has 0 aliphatic rings. The second kappa shape index (κ2) is 8.12. The van der Waals surface area contributed by atoms with E-state index in [4.69, 9.17) is 14.0 Å². The molecule has 0 saturated carbocycles. The van der Waals surface area contributed by atoms with Crippen LogP contribution in [0.1, 0.15) is 31.9 Å². The highest BCUT2D eigenvalue weighted by molar-refractivity contribution is 7.85. The molecule has 1 unspecified atom stereocenters. The van der Waals surface area contributed by atoms with Crippen LogP contribution in [0, 0.1) is 0 Å². The van der Waals surface area contributed by atoms with Gasteiger partial charge in [0.2, 0.25) is 6.10 Å². The number of benzene rings is 1. The second-order valence-electron chi connectivity index (χ2n) is 6.89. The van der Waals surface area contributed by atoms with E-state index in [9.17, 15) is 21.6 Å². The monoisotopic (exact) mass is 394 g/mol. The summed E-state index contributed by atoms with van der Waals surface area (Å²) >= 11 is 0. The number of hydrogen-bond acceptors (Lipinski definition) is 4. The molecule has 1 aromatic rings. The largest absolute Gasteiger partial charge is 0.488 e. The Morgan fingerprint density at radius 2 is 1.58 bits per heavy atom. The molecule has 1 aromatic carbocycles. The van der Waals surface area contributed by atoms with Crippen molar-refractivity contribution in [1.82, 2.24) is 0 Å². The maximum absolute atomic E-state index is 13.1. The standard InChI is InChI=1S/C15H23B2F3O5S/c1-14(2,3)25-13-9(6-16)4-11(5-10(13)7-17)24-12(15(18,19)20)8-26(21,22)23/h4-5,12H,6-8,16-17H2,1-3H3,(H,21,22,23). The van der Waals surface area contributed by atoms with Crippen molar-refractivity contribution in [1.29, 1.82) is 0 Å². The van der Waals surface area contributed by atoms with Crippen molar-refractivity contribution in [2.75, 3.05) is 5.75 Å². The minimum atomic E-state index is -4.95. The van der Waals surface area contributed by atoms with Gasteiger partial charge in [-0.2, -0.15) is 21.6 Å². The molecule has 0 aliphatic carbocycles. The van der Waals surface area contributed by atoms with Crippen molar-refractivity contribution in [3.05, 3.63) is 23.3 Å². The van der Waals surface area contributed by atoms with Gasteiger partial charge < -0.3 is 9.47 Å². The van der Waals surface area contributed by atoms with Gasteiger partial charge >= 0.3 is 6.18 Å². The fourth-order valence-corrected chi connectivity index (χ4v) is 2.94. The van der Waals surface area contributed by atoms with Crippen LogP contribution in [0.3, 0.4) is 0 Å². The van der Waals surface area contributed by atoms with E-state index in [1.165, 1.54) is 12.1 Å². The van der Waals surface area contributed by atoms with Gasteiger partial charge in [-0.05, 0) is 44.0 Å². The number of rotatable bonds is 7. The minimum absolute atomic E-state index is 0.120. The van der Waals surface area contributed by atoms with E-state index in [1.807, 2.05) is 36.5 Å². The smallest absolute Gasteiger partial charge is 0.426 e. The maximum Gasteiger partial charge on any atom is 0.426 e. The second-order valence-corrected chi connectivity index (χ2v) is 8.39. The van der Waals surface area contributed by atoms with Crippen LogP contribution in [0.4, 0.5) is 13.2 Å². The van der Waals surface area contributed by atoms with Crippen molar-refractivity contribution in [3.8, 4) is 11.5 Å². The summed E-state index contributed by atoms with van der Waals surface area (Å²) in [4.78, 5) is 0. The molecule has 11 heteroatoms. The number of hydrogen-bond donors (Lipinski definition) is 1. The minimum Gasteiger partial charge on any atom is -0.488 e. The van der Waals surface area contributed by atoms with E-state index in [1.54, 1.807) is 0 Å². The number of alkyl halides is 3. The fraction of sp³-hybridized carbons (Fsp3) is 0.600. The average molecular weight is 394 g/mol. The molecule has 0 bridgehead atoms. The van der Waals surface area contributed by atoms with Crippen LogP contribution in [-0.4, -0.2) is 52.3 Å². The van der Waals surface area contributed by atoms with Crippen LogP contribution in [0.25, 0.3) is 0 Å². The van der Waals surface area contributed by atoms with E-state index in [0.29, 0.717) is 29.5 Å². The molecular weight excluding hydrogens is 371 g/mol. The first kappa shape index (κ1) is 22.7. The van der Waals surface area contributed by atoms with Crippen LogP contribution in [0.5, 0.6) is 11.5 Å². The van der Waals surface area contributed by atoms with E-state index in [0.717, 1.165) is 0 Å². The van der Waals surface area contributed by atoms with Crippen molar-refractivity contribution >= 4 is 25.8 Å². The molecule has 0 aromatic heterocycles. The van der Waals surface area contributed by atoms with Crippen molar-refractivity contribution < 1.29 is 35.6 Å². The molecule has 0 spiro atoms. The number of ether oxygens (including phenoxy) is 2. The lowest BCUT2D eigenvalue weighted by Crippen LogP contribution is -2.40. The molecule has 1 rings (SSSR count). The Hall–Kier alpha value is -1.35. The predicted molar refractivity (Wildman–Crippen MR) is 98.2 cm³/mol. The topological polar surface area (TPSA) is 72.8 Å². The average Bonchev–Trinajstić information content (AvgIpc) is 2.43. The van der Waals surface area contributed by atoms with E-state index >= 15 is 0 Å². The van der Waals surface area contributed by atoms with Crippen LogP contribution in [0.15, 0.2) is 12.1 Å². The van der Waals surface area contributed by atoms with Crippen LogP contribution < -0.4 is 9.47 Å². The zero-order valence-electron chi connectivity index (χ0n) is 15.5. The molecule has 1 N–H and O–H groups in total. The van der Waals surface area contributed by atoms with Gasteiger partial charge in [0.05, 0.1) is 0 Å². The Balaban J connectivity index is 3.31.